The van der Waals surface area contributed by atoms with E-state index in [0.29, 0.717) is 13.0 Å². The maximum absolute atomic E-state index is 12.9. The first-order valence-electron chi connectivity index (χ1n) is 9.72. The molecular formula is C22H28FN3O2. The van der Waals surface area contributed by atoms with Crippen molar-refractivity contribution in [1.29, 1.82) is 0 Å². The lowest BCUT2D eigenvalue weighted by molar-refractivity contribution is -0.125. The van der Waals surface area contributed by atoms with Crippen LogP contribution in [0.15, 0.2) is 48.5 Å². The van der Waals surface area contributed by atoms with Crippen molar-refractivity contribution in [3.05, 3.63) is 59.9 Å². The minimum Gasteiger partial charge on any atom is -0.495 e. The first kappa shape index (κ1) is 20.1. The van der Waals surface area contributed by atoms with Gasteiger partial charge < -0.3 is 15.0 Å². The molecule has 0 aliphatic carbocycles. The molecule has 28 heavy (non-hydrogen) atoms. The van der Waals surface area contributed by atoms with Crippen LogP contribution < -0.4 is 15.0 Å². The SMILES string of the molecule is COc1ccccc1N1CCN([C@H](C)C(=O)NCCc2ccc(F)cc2)CC1. The van der Waals surface area contributed by atoms with Gasteiger partial charge in [-0.15, -0.1) is 0 Å². The maximum atomic E-state index is 12.9. The van der Waals surface area contributed by atoms with Gasteiger partial charge in [-0.1, -0.05) is 24.3 Å². The van der Waals surface area contributed by atoms with E-state index in [2.05, 4.69) is 21.2 Å². The number of hydrogen-bond acceptors (Lipinski definition) is 4. The number of hydrogen-bond donors (Lipinski definition) is 1. The summed E-state index contributed by atoms with van der Waals surface area (Å²) in [7, 11) is 1.69. The molecule has 1 aliphatic rings. The monoisotopic (exact) mass is 385 g/mol. The Labute approximate surface area is 166 Å². The molecule has 0 spiro atoms. The summed E-state index contributed by atoms with van der Waals surface area (Å²) in [5, 5.41) is 3.00. The minimum absolute atomic E-state index is 0.0350. The standard InChI is InChI=1S/C22H28FN3O2/c1-17(22(27)24-12-11-18-7-9-19(23)10-8-18)25-13-15-26(16-14-25)20-5-3-4-6-21(20)28-2/h3-10,17H,11-16H2,1-2H3,(H,24,27)/t17-/m1/s1. The molecule has 0 saturated carbocycles. The van der Waals surface area contributed by atoms with Gasteiger partial charge in [0.2, 0.25) is 5.91 Å². The zero-order valence-corrected chi connectivity index (χ0v) is 16.5. The van der Waals surface area contributed by atoms with Crippen molar-refractivity contribution in [1.82, 2.24) is 10.2 Å². The first-order valence-corrected chi connectivity index (χ1v) is 9.72. The highest BCUT2D eigenvalue weighted by atomic mass is 19.1. The summed E-state index contributed by atoms with van der Waals surface area (Å²) < 4.78 is 18.4. The summed E-state index contributed by atoms with van der Waals surface area (Å²) in [6, 6.07) is 14.2. The van der Waals surface area contributed by atoms with Crippen molar-refractivity contribution in [2.45, 2.75) is 19.4 Å². The van der Waals surface area contributed by atoms with E-state index >= 15 is 0 Å². The molecule has 0 radical (unpaired) electrons. The van der Waals surface area contributed by atoms with Crippen molar-refractivity contribution in [2.75, 3.05) is 44.7 Å². The average molecular weight is 385 g/mol. The summed E-state index contributed by atoms with van der Waals surface area (Å²) in [6.07, 6.45) is 0.695. The van der Waals surface area contributed by atoms with Crippen LogP contribution in [0.4, 0.5) is 10.1 Å². The van der Waals surface area contributed by atoms with E-state index in [9.17, 15) is 9.18 Å². The fourth-order valence-corrected chi connectivity index (χ4v) is 3.54. The number of nitrogens with one attached hydrogen (secondary N) is 1. The van der Waals surface area contributed by atoms with Gasteiger partial charge in [-0.25, -0.2) is 4.39 Å². The number of anilines is 1. The van der Waals surface area contributed by atoms with E-state index in [1.54, 1.807) is 19.2 Å². The number of methoxy groups -OCH3 is 1. The number of carbonyl (C=O) groups excluding carboxylic acids is 1. The van der Waals surface area contributed by atoms with Gasteiger partial charge in [0.25, 0.3) is 0 Å². The molecule has 150 valence electrons. The number of nitrogens with zero attached hydrogens (tertiary/aromatic N) is 2. The van der Waals surface area contributed by atoms with Gasteiger partial charge in [0.15, 0.2) is 0 Å². The summed E-state index contributed by atoms with van der Waals surface area (Å²) in [6.45, 7) is 5.86. The summed E-state index contributed by atoms with van der Waals surface area (Å²) >= 11 is 0. The fourth-order valence-electron chi connectivity index (χ4n) is 3.54. The number of rotatable bonds is 7. The third-order valence-corrected chi connectivity index (χ3v) is 5.29. The van der Waals surface area contributed by atoms with Gasteiger partial charge in [-0.3, -0.25) is 9.69 Å². The fraction of sp³-hybridized carbons (Fsp3) is 0.409. The third-order valence-electron chi connectivity index (χ3n) is 5.29. The summed E-state index contributed by atoms with van der Waals surface area (Å²) in [5.74, 6) is 0.670. The van der Waals surface area contributed by atoms with Gasteiger partial charge in [0.1, 0.15) is 11.6 Å². The molecule has 5 nitrogen and oxygen atoms in total. The largest absolute Gasteiger partial charge is 0.495 e. The lowest BCUT2D eigenvalue weighted by atomic mass is 10.1. The Morgan fingerprint density at radius 1 is 1.11 bits per heavy atom. The Morgan fingerprint density at radius 2 is 1.79 bits per heavy atom. The van der Waals surface area contributed by atoms with Crippen LogP contribution in [0.3, 0.4) is 0 Å². The smallest absolute Gasteiger partial charge is 0.237 e. The van der Waals surface area contributed by atoms with Crippen LogP contribution >= 0.6 is 0 Å². The molecule has 1 N–H and O–H groups in total. The Balaban J connectivity index is 1.45. The van der Waals surface area contributed by atoms with Crippen molar-refractivity contribution < 1.29 is 13.9 Å². The van der Waals surface area contributed by atoms with E-state index in [1.807, 2.05) is 25.1 Å². The van der Waals surface area contributed by atoms with Crippen LogP contribution in [0.1, 0.15) is 12.5 Å². The van der Waals surface area contributed by atoms with Crippen molar-refractivity contribution >= 4 is 11.6 Å². The van der Waals surface area contributed by atoms with E-state index < -0.39 is 0 Å². The number of piperazine rings is 1. The molecule has 3 rings (SSSR count). The quantitative estimate of drug-likeness (QED) is 0.796. The van der Waals surface area contributed by atoms with Crippen LogP contribution in [0.2, 0.25) is 0 Å². The molecule has 1 fully saturated rings. The number of halogens is 1. The molecule has 1 heterocycles. The summed E-state index contributed by atoms with van der Waals surface area (Å²) in [4.78, 5) is 17.0. The molecular weight excluding hydrogens is 357 g/mol. The number of ether oxygens (including phenoxy) is 1. The molecule has 1 atom stereocenters. The van der Waals surface area contributed by atoms with Gasteiger partial charge in [0.05, 0.1) is 18.8 Å². The topological polar surface area (TPSA) is 44.8 Å². The van der Waals surface area contributed by atoms with Gasteiger partial charge in [-0.2, -0.15) is 0 Å². The minimum atomic E-state index is -0.242. The lowest BCUT2D eigenvalue weighted by Crippen LogP contribution is -2.54. The Hall–Kier alpha value is -2.60. The van der Waals surface area contributed by atoms with E-state index in [4.69, 9.17) is 4.74 Å². The molecule has 2 aromatic carbocycles. The predicted molar refractivity (Wildman–Crippen MR) is 109 cm³/mol. The van der Waals surface area contributed by atoms with E-state index in [0.717, 1.165) is 43.2 Å². The zero-order valence-electron chi connectivity index (χ0n) is 16.5. The van der Waals surface area contributed by atoms with Crippen LogP contribution in [0.25, 0.3) is 0 Å². The van der Waals surface area contributed by atoms with Crippen LogP contribution in [-0.2, 0) is 11.2 Å². The lowest BCUT2D eigenvalue weighted by Gasteiger charge is -2.38. The van der Waals surface area contributed by atoms with Gasteiger partial charge in [-0.05, 0) is 43.2 Å². The molecule has 0 unspecified atom stereocenters. The second-order valence-electron chi connectivity index (χ2n) is 7.04. The van der Waals surface area contributed by atoms with E-state index in [1.165, 1.54) is 12.1 Å². The van der Waals surface area contributed by atoms with Crippen molar-refractivity contribution in [3.8, 4) is 5.75 Å². The summed E-state index contributed by atoms with van der Waals surface area (Å²) in [5.41, 5.74) is 2.11. The molecule has 1 saturated heterocycles. The Bertz CT molecular complexity index is 774. The zero-order chi connectivity index (χ0) is 19.9. The highest BCUT2D eigenvalue weighted by molar-refractivity contribution is 5.81. The predicted octanol–water partition coefficient (Wildman–Crippen LogP) is 2.70. The molecule has 6 heteroatoms. The number of para-hydroxylation sites is 2. The van der Waals surface area contributed by atoms with Crippen LogP contribution in [0, 0.1) is 5.82 Å². The van der Waals surface area contributed by atoms with Gasteiger partial charge >= 0.3 is 0 Å². The second kappa shape index (κ2) is 9.55. The second-order valence-corrected chi connectivity index (χ2v) is 7.04. The first-order chi connectivity index (χ1) is 13.6. The highest BCUT2D eigenvalue weighted by Crippen LogP contribution is 2.28. The molecule has 1 aliphatic heterocycles. The number of carbonyl (C=O) groups is 1. The third kappa shape index (κ3) is 5.01. The van der Waals surface area contributed by atoms with Gasteiger partial charge in [0, 0.05) is 32.7 Å². The average Bonchev–Trinajstić information content (AvgIpc) is 2.74. The Morgan fingerprint density at radius 3 is 2.46 bits per heavy atom. The van der Waals surface area contributed by atoms with Crippen molar-refractivity contribution in [2.24, 2.45) is 0 Å². The van der Waals surface area contributed by atoms with Crippen LogP contribution in [-0.4, -0.2) is 56.7 Å². The molecule has 0 aromatic heterocycles. The van der Waals surface area contributed by atoms with Crippen LogP contribution in [0.5, 0.6) is 5.75 Å². The molecule has 2 aromatic rings. The molecule has 1 amide bonds. The van der Waals surface area contributed by atoms with E-state index in [-0.39, 0.29) is 17.8 Å². The normalized spacial score (nSPS) is 15.9. The Kier molecular flexibility index (Phi) is 6.87. The highest BCUT2D eigenvalue weighted by Gasteiger charge is 2.26. The number of amides is 1. The maximum Gasteiger partial charge on any atom is 0.237 e. The van der Waals surface area contributed by atoms with Crippen molar-refractivity contribution in [3.63, 3.8) is 0 Å². The molecule has 0 bridgehead atoms. The number of benzene rings is 2.